The normalized spacial score (nSPS) is 19.1. The molecule has 1 aliphatic heterocycles. The number of likely N-dealkylation sites (N-methyl/N-ethyl adjacent to an activating group) is 1. The van der Waals surface area contributed by atoms with Gasteiger partial charge in [-0.2, -0.15) is 0 Å². The Hall–Kier alpha value is -1.91. The Morgan fingerprint density at radius 1 is 1.35 bits per heavy atom. The number of benzene rings is 1. The topological polar surface area (TPSA) is 49.4 Å². The number of nitrogens with zero attached hydrogens (tertiary/aromatic N) is 1. The van der Waals surface area contributed by atoms with Gasteiger partial charge in [0.25, 0.3) is 0 Å². The minimum Gasteiger partial charge on any atom is -0.363 e. The fourth-order valence-corrected chi connectivity index (χ4v) is 2.44. The summed E-state index contributed by atoms with van der Waals surface area (Å²) in [6, 6.07) is 4.57. The van der Waals surface area contributed by atoms with E-state index in [1.54, 1.807) is 18.0 Å². The highest BCUT2D eigenvalue weighted by molar-refractivity contribution is 6.01. The van der Waals surface area contributed by atoms with Crippen LogP contribution in [0.1, 0.15) is 38.2 Å². The number of hydrogen-bond donors (Lipinski definition) is 1. The van der Waals surface area contributed by atoms with E-state index in [1.165, 1.54) is 6.07 Å². The zero-order chi connectivity index (χ0) is 14.9. The van der Waals surface area contributed by atoms with Gasteiger partial charge >= 0.3 is 0 Å². The third kappa shape index (κ3) is 2.81. The van der Waals surface area contributed by atoms with Crippen LogP contribution in [0.5, 0.6) is 0 Å². The molecule has 1 atom stereocenters. The van der Waals surface area contributed by atoms with E-state index >= 15 is 0 Å². The Bertz CT molecular complexity index is 543. The van der Waals surface area contributed by atoms with Gasteiger partial charge in [0.15, 0.2) is 0 Å². The summed E-state index contributed by atoms with van der Waals surface area (Å²) in [7, 11) is 1.74. The smallest absolute Gasteiger partial charge is 0.249 e. The molecule has 4 nitrogen and oxygen atoms in total. The second-order valence-corrected chi connectivity index (χ2v) is 5.44. The molecule has 0 saturated carbocycles. The van der Waals surface area contributed by atoms with Crippen LogP contribution in [0.4, 0.5) is 10.1 Å². The predicted octanol–water partition coefficient (Wildman–Crippen LogP) is 2.19. The van der Waals surface area contributed by atoms with Crippen molar-refractivity contribution in [2.45, 2.75) is 38.6 Å². The zero-order valence-electron chi connectivity index (χ0n) is 11.9. The Morgan fingerprint density at radius 3 is 2.60 bits per heavy atom. The van der Waals surface area contributed by atoms with Crippen LogP contribution < -0.4 is 10.2 Å². The van der Waals surface area contributed by atoms with E-state index < -0.39 is 6.04 Å². The molecular formula is C15H19FN2O2. The molecule has 1 fully saturated rings. The van der Waals surface area contributed by atoms with Crippen molar-refractivity contribution >= 4 is 17.5 Å². The van der Waals surface area contributed by atoms with Crippen LogP contribution in [0, 0.1) is 5.82 Å². The van der Waals surface area contributed by atoms with Crippen molar-refractivity contribution in [3.05, 3.63) is 29.6 Å². The van der Waals surface area contributed by atoms with Gasteiger partial charge in [-0.1, -0.05) is 19.9 Å². The first-order valence-electron chi connectivity index (χ1n) is 6.76. The van der Waals surface area contributed by atoms with Crippen LogP contribution in [-0.2, 0) is 9.59 Å². The molecule has 20 heavy (non-hydrogen) atoms. The maximum absolute atomic E-state index is 14.0. The van der Waals surface area contributed by atoms with Crippen molar-refractivity contribution in [3.63, 3.8) is 0 Å². The number of amides is 2. The highest BCUT2D eigenvalue weighted by Crippen LogP contribution is 2.25. The van der Waals surface area contributed by atoms with E-state index in [1.807, 2.05) is 19.9 Å². The number of carbonyl (C=O) groups is 2. The first kappa shape index (κ1) is 14.5. The molecule has 1 aromatic carbocycles. The van der Waals surface area contributed by atoms with Crippen molar-refractivity contribution in [1.82, 2.24) is 5.32 Å². The van der Waals surface area contributed by atoms with Crippen molar-refractivity contribution in [2.75, 3.05) is 11.9 Å². The summed E-state index contributed by atoms with van der Waals surface area (Å²) in [6.07, 6.45) is 0.766. The molecule has 0 bridgehead atoms. The highest BCUT2D eigenvalue weighted by atomic mass is 19.1. The average molecular weight is 278 g/mol. The average Bonchev–Trinajstić information content (AvgIpc) is 2.37. The maximum atomic E-state index is 14.0. The summed E-state index contributed by atoms with van der Waals surface area (Å²) in [5.74, 6) is -0.723. The van der Waals surface area contributed by atoms with Crippen molar-refractivity contribution in [1.29, 1.82) is 0 Å². The van der Waals surface area contributed by atoms with Crippen molar-refractivity contribution < 1.29 is 14.0 Å². The summed E-state index contributed by atoms with van der Waals surface area (Å²) >= 11 is 0. The van der Waals surface area contributed by atoms with Crippen LogP contribution in [0.3, 0.4) is 0 Å². The third-order valence-corrected chi connectivity index (χ3v) is 3.69. The SMILES string of the molecule is CC(C)c1ccc(N(C)C2CCC(=O)NC2=O)cc1F. The Labute approximate surface area is 118 Å². The third-order valence-electron chi connectivity index (χ3n) is 3.69. The number of anilines is 1. The minimum atomic E-state index is -0.433. The van der Waals surface area contributed by atoms with Crippen LogP contribution in [0.15, 0.2) is 18.2 Å². The monoisotopic (exact) mass is 278 g/mol. The lowest BCUT2D eigenvalue weighted by atomic mass is 10.0. The van der Waals surface area contributed by atoms with Crippen LogP contribution in [-0.4, -0.2) is 24.9 Å². The molecule has 0 aliphatic carbocycles. The van der Waals surface area contributed by atoms with Crippen molar-refractivity contribution in [2.24, 2.45) is 0 Å². The van der Waals surface area contributed by atoms with Gasteiger partial charge in [-0.3, -0.25) is 14.9 Å². The van der Waals surface area contributed by atoms with Crippen LogP contribution in [0.2, 0.25) is 0 Å². The lowest BCUT2D eigenvalue weighted by molar-refractivity contribution is -0.134. The molecule has 0 spiro atoms. The summed E-state index contributed by atoms with van der Waals surface area (Å²) in [6.45, 7) is 3.87. The summed E-state index contributed by atoms with van der Waals surface area (Å²) in [5.41, 5.74) is 1.30. The summed E-state index contributed by atoms with van der Waals surface area (Å²) in [4.78, 5) is 24.7. The molecule has 108 valence electrons. The Balaban J connectivity index is 2.21. The number of piperidine rings is 1. The molecule has 0 radical (unpaired) electrons. The van der Waals surface area contributed by atoms with Gasteiger partial charge in [0.1, 0.15) is 11.9 Å². The van der Waals surface area contributed by atoms with Gasteiger partial charge in [0.2, 0.25) is 11.8 Å². The lowest BCUT2D eigenvalue weighted by Crippen LogP contribution is -2.51. The molecule has 1 aliphatic rings. The van der Waals surface area contributed by atoms with Gasteiger partial charge in [-0.25, -0.2) is 4.39 Å². The number of hydrogen-bond acceptors (Lipinski definition) is 3. The molecule has 1 unspecified atom stereocenters. The van der Waals surface area contributed by atoms with Crippen LogP contribution >= 0.6 is 0 Å². The zero-order valence-corrected chi connectivity index (χ0v) is 11.9. The molecule has 5 heteroatoms. The fraction of sp³-hybridized carbons (Fsp3) is 0.467. The van der Waals surface area contributed by atoms with E-state index in [4.69, 9.17) is 0 Å². The summed E-state index contributed by atoms with van der Waals surface area (Å²) < 4.78 is 14.0. The van der Waals surface area contributed by atoms with Crippen LogP contribution in [0.25, 0.3) is 0 Å². The first-order chi connectivity index (χ1) is 9.40. The van der Waals surface area contributed by atoms with Gasteiger partial charge in [0.05, 0.1) is 0 Å². The molecule has 1 heterocycles. The minimum absolute atomic E-state index is 0.116. The highest BCUT2D eigenvalue weighted by Gasteiger charge is 2.30. The number of nitrogens with one attached hydrogen (secondary N) is 1. The lowest BCUT2D eigenvalue weighted by Gasteiger charge is -2.31. The molecule has 1 saturated heterocycles. The second-order valence-electron chi connectivity index (χ2n) is 5.44. The van der Waals surface area contributed by atoms with E-state index in [-0.39, 0.29) is 23.5 Å². The molecule has 2 amide bonds. The van der Waals surface area contributed by atoms with Gasteiger partial charge in [0, 0.05) is 19.2 Å². The predicted molar refractivity (Wildman–Crippen MR) is 75.1 cm³/mol. The van der Waals surface area contributed by atoms with Gasteiger partial charge in [-0.15, -0.1) is 0 Å². The molecule has 0 aromatic heterocycles. The van der Waals surface area contributed by atoms with E-state index in [9.17, 15) is 14.0 Å². The Kier molecular flexibility index (Phi) is 4.06. The van der Waals surface area contributed by atoms with E-state index in [0.29, 0.717) is 24.1 Å². The number of halogens is 1. The Morgan fingerprint density at radius 2 is 2.05 bits per heavy atom. The van der Waals surface area contributed by atoms with Crippen molar-refractivity contribution in [3.8, 4) is 0 Å². The fourth-order valence-electron chi connectivity index (χ4n) is 2.44. The quantitative estimate of drug-likeness (QED) is 0.862. The number of carbonyl (C=O) groups excluding carboxylic acids is 2. The van der Waals surface area contributed by atoms with Gasteiger partial charge < -0.3 is 4.90 Å². The number of rotatable bonds is 3. The van der Waals surface area contributed by atoms with E-state index in [0.717, 1.165) is 0 Å². The standard InChI is InChI=1S/C15H19FN2O2/c1-9(2)11-5-4-10(8-12(11)16)18(3)13-6-7-14(19)17-15(13)20/h4-5,8-9,13H,6-7H2,1-3H3,(H,17,19,20). The first-order valence-corrected chi connectivity index (χ1v) is 6.76. The van der Waals surface area contributed by atoms with Gasteiger partial charge in [-0.05, 0) is 30.0 Å². The molecule has 1 aromatic rings. The molecule has 1 N–H and O–H groups in total. The summed E-state index contributed by atoms with van der Waals surface area (Å²) in [5, 5.41) is 2.31. The number of imide groups is 1. The maximum Gasteiger partial charge on any atom is 0.249 e. The second kappa shape index (κ2) is 5.61. The molecule has 2 rings (SSSR count). The molecular weight excluding hydrogens is 259 g/mol. The van der Waals surface area contributed by atoms with E-state index in [2.05, 4.69) is 5.32 Å². The largest absolute Gasteiger partial charge is 0.363 e.